The van der Waals surface area contributed by atoms with Gasteiger partial charge in [0.1, 0.15) is 5.75 Å². The fourth-order valence-electron chi connectivity index (χ4n) is 3.54. The van der Waals surface area contributed by atoms with Crippen molar-refractivity contribution in [3.8, 4) is 11.8 Å². The van der Waals surface area contributed by atoms with Crippen LogP contribution in [-0.2, 0) is 6.54 Å². The molecule has 1 saturated carbocycles. The molecule has 0 spiro atoms. The van der Waals surface area contributed by atoms with Gasteiger partial charge in [0.05, 0.1) is 17.7 Å². The molecule has 1 fully saturated rings. The van der Waals surface area contributed by atoms with Gasteiger partial charge in [-0.15, -0.1) is 0 Å². The van der Waals surface area contributed by atoms with Crippen LogP contribution in [0, 0.1) is 11.3 Å². The number of rotatable bonds is 8. The van der Waals surface area contributed by atoms with Crippen molar-refractivity contribution in [3.05, 3.63) is 65.2 Å². The Bertz CT molecular complexity index is 832. The number of benzene rings is 2. The van der Waals surface area contributed by atoms with Gasteiger partial charge in [0.2, 0.25) is 0 Å². The van der Waals surface area contributed by atoms with E-state index < -0.39 is 0 Å². The number of amides is 1. The Morgan fingerprint density at radius 3 is 2.28 bits per heavy atom. The molecule has 5 nitrogen and oxygen atoms in total. The average Bonchev–Trinajstić information content (AvgIpc) is 3.24. The summed E-state index contributed by atoms with van der Waals surface area (Å²) < 4.78 is 6.01. The zero-order valence-electron chi connectivity index (χ0n) is 17.3. The van der Waals surface area contributed by atoms with Crippen molar-refractivity contribution in [2.75, 3.05) is 27.2 Å². The van der Waals surface area contributed by atoms with Crippen LogP contribution in [-0.4, -0.2) is 49.0 Å². The average molecular weight is 392 g/mol. The van der Waals surface area contributed by atoms with Crippen LogP contribution in [0.1, 0.15) is 47.2 Å². The van der Waals surface area contributed by atoms with Gasteiger partial charge in [0, 0.05) is 25.2 Å². The molecule has 0 aromatic heterocycles. The lowest BCUT2D eigenvalue weighted by molar-refractivity contribution is 0.0732. The van der Waals surface area contributed by atoms with Gasteiger partial charge in [0.15, 0.2) is 0 Å². The van der Waals surface area contributed by atoms with Crippen LogP contribution >= 0.6 is 0 Å². The van der Waals surface area contributed by atoms with Crippen LogP contribution in [0.2, 0.25) is 0 Å². The van der Waals surface area contributed by atoms with E-state index in [4.69, 9.17) is 10.00 Å². The highest BCUT2D eigenvalue weighted by molar-refractivity contribution is 5.94. The minimum Gasteiger partial charge on any atom is -0.490 e. The first-order valence-electron chi connectivity index (χ1n) is 10.2. The largest absolute Gasteiger partial charge is 0.490 e. The molecule has 152 valence electrons. The molecule has 0 bridgehead atoms. The Kier molecular flexibility index (Phi) is 7.26. The molecule has 0 heterocycles. The molecular formula is C24H29N3O2. The number of carbonyl (C=O) groups excluding carboxylic acids is 1. The van der Waals surface area contributed by atoms with Gasteiger partial charge in [-0.1, -0.05) is 12.1 Å². The Labute approximate surface area is 173 Å². The minimum absolute atomic E-state index is 0.00336. The number of hydrogen-bond donors (Lipinski definition) is 0. The summed E-state index contributed by atoms with van der Waals surface area (Å²) in [4.78, 5) is 17.1. The van der Waals surface area contributed by atoms with Crippen molar-refractivity contribution in [3.63, 3.8) is 0 Å². The van der Waals surface area contributed by atoms with Crippen molar-refractivity contribution in [2.24, 2.45) is 0 Å². The van der Waals surface area contributed by atoms with E-state index in [0.29, 0.717) is 30.3 Å². The van der Waals surface area contributed by atoms with Crippen LogP contribution in [0.25, 0.3) is 0 Å². The molecule has 29 heavy (non-hydrogen) atoms. The second-order valence-electron chi connectivity index (χ2n) is 7.89. The van der Waals surface area contributed by atoms with E-state index in [2.05, 4.69) is 11.0 Å². The maximum atomic E-state index is 13.2. The summed E-state index contributed by atoms with van der Waals surface area (Å²) in [5.74, 6) is 0.837. The van der Waals surface area contributed by atoms with E-state index in [1.54, 1.807) is 12.1 Å². The van der Waals surface area contributed by atoms with Gasteiger partial charge >= 0.3 is 0 Å². The van der Waals surface area contributed by atoms with Crippen molar-refractivity contribution in [1.29, 1.82) is 5.26 Å². The monoisotopic (exact) mass is 391 g/mol. The molecule has 1 aliphatic rings. The highest BCUT2D eigenvalue weighted by atomic mass is 16.5. The van der Waals surface area contributed by atoms with Gasteiger partial charge in [-0.25, -0.2) is 0 Å². The zero-order valence-corrected chi connectivity index (χ0v) is 17.3. The third-order valence-corrected chi connectivity index (χ3v) is 5.27. The lowest BCUT2D eigenvalue weighted by atomic mass is 10.1. The number of hydrogen-bond acceptors (Lipinski definition) is 4. The van der Waals surface area contributed by atoms with E-state index in [1.807, 2.05) is 55.4 Å². The minimum atomic E-state index is 0.00336. The molecule has 2 aromatic rings. The lowest BCUT2D eigenvalue weighted by Gasteiger charge is -2.25. The summed E-state index contributed by atoms with van der Waals surface area (Å²) in [7, 11) is 4.00. The fraction of sp³-hybridized carbons (Fsp3) is 0.417. The van der Waals surface area contributed by atoms with E-state index in [9.17, 15) is 4.79 Å². The zero-order chi connectivity index (χ0) is 20.6. The Hall–Kier alpha value is -2.84. The van der Waals surface area contributed by atoms with Crippen molar-refractivity contribution in [1.82, 2.24) is 9.80 Å². The molecule has 0 atom stereocenters. The first kappa shape index (κ1) is 20.9. The topological polar surface area (TPSA) is 56.6 Å². The number of likely N-dealkylation sites (N-methyl/N-ethyl adjacent to an activating group) is 1. The lowest BCUT2D eigenvalue weighted by Crippen LogP contribution is -2.36. The first-order valence-corrected chi connectivity index (χ1v) is 10.2. The number of nitrogens with zero attached hydrogens (tertiary/aromatic N) is 3. The standard InChI is InChI=1S/C24H29N3O2/c1-26(2)15-16-27(18-20-9-7-19(17-25)8-10-20)24(28)21-11-13-23(14-12-21)29-22-5-3-4-6-22/h7-14,22H,3-6,15-16,18H2,1-2H3. The van der Waals surface area contributed by atoms with Crippen molar-refractivity contribution >= 4 is 5.91 Å². The quantitative estimate of drug-likeness (QED) is 0.680. The molecule has 2 aromatic carbocycles. The molecule has 0 saturated heterocycles. The van der Waals surface area contributed by atoms with Gasteiger partial charge in [-0.2, -0.15) is 5.26 Å². The maximum absolute atomic E-state index is 13.2. The van der Waals surface area contributed by atoms with Gasteiger partial charge in [0.25, 0.3) is 5.91 Å². The molecule has 0 aliphatic heterocycles. The molecule has 3 rings (SSSR count). The molecule has 1 amide bonds. The summed E-state index contributed by atoms with van der Waals surface area (Å²) in [6, 6.07) is 17.0. The Balaban J connectivity index is 1.69. The molecule has 1 aliphatic carbocycles. The highest BCUT2D eigenvalue weighted by Gasteiger charge is 2.19. The van der Waals surface area contributed by atoms with Crippen LogP contribution < -0.4 is 4.74 Å². The van der Waals surface area contributed by atoms with Crippen molar-refractivity contribution < 1.29 is 9.53 Å². The molecule has 0 N–H and O–H groups in total. The second-order valence-corrected chi connectivity index (χ2v) is 7.89. The predicted molar refractivity (Wildman–Crippen MR) is 114 cm³/mol. The predicted octanol–water partition coefficient (Wildman–Crippen LogP) is 4.08. The Morgan fingerprint density at radius 1 is 1.03 bits per heavy atom. The van der Waals surface area contributed by atoms with E-state index in [0.717, 1.165) is 30.7 Å². The van der Waals surface area contributed by atoms with Gasteiger partial charge in [-0.3, -0.25) is 4.79 Å². The van der Waals surface area contributed by atoms with E-state index >= 15 is 0 Å². The summed E-state index contributed by atoms with van der Waals surface area (Å²) in [6.07, 6.45) is 5.01. The third kappa shape index (κ3) is 6.07. The molecule has 5 heteroatoms. The second kappa shape index (κ2) is 10.1. The number of ether oxygens (including phenoxy) is 1. The van der Waals surface area contributed by atoms with E-state index in [-0.39, 0.29) is 5.91 Å². The van der Waals surface area contributed by atoms with Crippen LogP contribution in [0.15, 0.2) is 48.5 Å². The summed E-state index contributed by atoms with van der Waals surface area (Å²) in [5.41, 5.74) is 2.30. The summed E-state index contributed by atoms with van der Waals surface area (Å²) >= 11 is 0. The van der Waals surface area contributed by atoms with Gasteiger partial charge in [-0.05, 0) is 81.7 Å². The van der Waals surface area contributed by atoms with Crippen LogP contribution in [0.4, 0.5) is 0 Å². The summed E-state index contributed by atoms with van der Waals surface area (Å²) in [5, 5.41) is 8.97. The molecule has 0 radical (unpaired) electrons. The molecular weight excluding hydrogens is 362 g/mol. The third-order valence-electron chi connectivity index (χ3n) is 5.27. The van der Waals surface area contributed by atoms with Crippen molar-refractivity contribution in [2.45, 2.75) is 38.3 Å². The number of nitriles is 1. The highest BCUT2D eigenvalue weighted by Crippen LogP contribution is 2.24. The summed E-state index contributed by atoms with van der Waals surface area (Å²) in [6.45, 7) is 1.93. The maximum Gasteiger partial charge on any atom is 0.254 e. The molecule has 0 unspecified atom stereocenters. The normalized spacial score (nSPS) is 14.0. The first-order chi connectivity index (χ1) is 14.0. The van der Waals surface area contributed by atoms with Gasteiger partial charge < -0.3 is 14.5 Å². The SMILES string of the molecule is CN(C)CCN(Cc1ccc(C#N)cc1)C(=O)c1ccc(OC2CCCC2)cc1. The van der Waals surface area contributed by atoms with E-state index in [1.165, 1.54) is 12.8 Å². The van der Waals surface area contributed by atoms with Crippen LogP contribution in [0.5, 0.6) is 5.75 Å². The smallest absolute Gasteiger partial charge is 0.254 e. The van der Waals surface area contributed by atoms with Crippen LogP contribution in [0.3, 0.4) is 0 Å². The number of carbonyl (C=O) groups is 1. The fourth-order valence-corrected chi connectivity index (χ4v) is 3.54. The Morgan fingerprint density at radius 2 is 1.69 bits per heavy atom.